The normalized spacial score (nSPS) is 29.0. The van der Waals surface area contributed by atoms with Crippen molar-refractivity contribution in [3.63, 3.8) is 0 Å². The largest absolute Gasteiger partial charge is 0.340 e. The maximum atomic E-state index is 13.3. The molecule has 0 unspecified atom stereocenters. The molecule has 1 aliphatic carbocycles. The highest BCUT2D eigenvalue weighted by atomic mass is 16.2. The van der Waals surface area contributed by atoms with Crippen molar-refractivity contribution in [2.45, 2.75) is 76.3 Å². The molecule has 4 fully saturated rings. The van der Waals surface area contributed by atoms with Crippen LogP contribution in [0.2, 0.25) is 0 Å². The van der Waals surface area contributed by atoms with Crippen molar-refractivity contribution in [3.8, 4) is 0 Å². The summed E-state index contributed by atoms with van der Waals surface area (Å²) in [7, 11) is 0. The van der Waals surface area contributed by atoms with Crippen LogP contribution in [-0.2, 0) is 9.59 Å². The van der Waals surface area contributed by atoms with Gasteiger partial charge in [0.1, 0.15) is 5.54 Å². The molecule has 156 valence electrons. The van der Waals surface area contributed by atoms with Gasteiger partial charge in [-0.3, -0.25) is 14.5 Å². The Bertz CT molecular complexity index is 623. The Morgan fingerprint density at radius 1 is 1.07 bits per heavy atom. The number of nitrogens with one attached hydrogen (secondary N) is 1. The second-order valence-corrected chi connectivity index (χ2v) is 9.09. The first kappa shape index (κ1) is 19.7. The molecule has 4 rings (SSSR count). The zero-order chi connectivity index (χ0) is 19.7. The molecule has 28 heavy (non-hydrogen) atoms. The average molecular weight is 391 g/mol. The van der Waals surface area contributed by atoms with E-state index in [1.807, 2.05) is 4.90 Å². The molecule has 3 aliphatic heterocycles. The lowest BCUT2D eigenvalue weighted by Gasteiger charge is -2.39. The fourth-order valence-corrected chi connectivity index (χ4v) is 5.58. The number of carbonyl (C=O) groups excluding carboxylic acids is 3. The molecule has 0 aromatic carbocycles. The van der Waals surface area contributed by atoms with Gasteiger partial charge in [0.25, 0.3) is 5.91 Å². The number of hydrogen-bond donors (Lipinski definition) is 1. The van der Waals surface area contributed by atoms with Gasteiger partial charge in [0, 0.05) is 32.1 Å². The fraction of sp³-hybridized carbons (Fsp3) is 0.857. The topological polar surface area (TPSA) is 73.0 Å². The molecule has 4 aliphatic rings. The summed E-state index contributed by atoms with van der Waals surface area (Å²) in [5, 5.41) is 3.04. The summed E-state index contributed by atoms with van der Waals surface area (Å²) < 4.78 is 0. The van der Waals surface area contributed by atoms with Crippen molar-refractivity contribution in [2.24, 2.45) is 5.92 Å². The molecular weight excluding hydrogens is 356 g/mol. The molecule has 1 N–H and O–H groups in total. The number of piperidine rings is 2. The first-order chi connectivity index (χ1) is 13.5. The Morgan fingerprint density at radius 3 is 2.46 bits per heavy atom. The molecule has 4 amide bonds. The van der Waals surface area contributed by atoms with Gasteiger partial charge < -0.3 is 15.1 Å². The summed E-state index contributed by atoms with van der Waals surface area (Å²) in [5.74, 6) is 0.321. The standard InChI is InChI=1S/C21H34N4O3/c1-2-11-23-13-9-21(10-14-23)19(27)25(20(28)22-21)17-8-5-12-24(15-17)18(26)16-6-3-4-7-16/h16-17H,2-15H2,1H3,(H,22,28)/t17-/m0/s1. The quantitative estimate of drug-likeness (QED) is 0.745. The van der Waals surface area contributed by atoms with Crippen molar-refractivity contribution in [1.82, 2.24) is 20.0 Å². The minimum Gasteiger partial charge on any atom is -0.340 e. The average Bonchev–Trinajstić information content (AvgIpc) is 3.31. The number of carbonyl (C=O) groups is 3. The van der Waals surface area contributed by atoms with Crippen LogP contribution in [0.1, 0.15) is 64.7 Å². The van der Waals surface area contributed by atoms with Gasteiger partial charge in [-0.05, 0) is 51.5 Å². The predicted molar refractivity (Wildman–Crippen MR) is 106 cm³/mol. The number of imide groups is 1. The zero-order valence-corrected chi connectivity index (χ0v) is 17.1. The molecule has 0 radical (unpaired) electrons. The molecule has 1 saturated carbocycles. The minimum atomic E-state index is -0.723. The van der Waals surface area contributed by atoms with Crippen LogP contribution in [0.15, 0.2) is 0 Å². The van der Waals surface area contributed by atoms with Crippen molar-refractivity contribution in [3.05, 3.63) is 0 Å². The van der Waals surface area contributed by atoms with Crippen LogP contribution in [0.5, 0.6) is 0 Å². The molecule has 3 heterocycles. The Morgan fingerprint density at radius 2 is 1.79 bits per heavy atom. The van der Waals surface area contributed by atoms with Crippen LogP contribution in [0.3, 0.4) is 0 Å². The lowest BCUT2D eigenvalue weighted by atomic mass is 9.87. The lowest BCUT2D eigenvalue weighted by Crippen LogP contribution is -2.56. The molecule has 0 aromatic rings. The predicted octanol–water partition coefficient (Wildman–Crippen LogP) is 1.96. The number of likely N-dealkylation sites (tertiary alicyclic amines) is 2. The van der Waals surface area contributed by atoms with Crippen LogP contribution in [-0.4, -0.2) is 76.8 Å². The highest BCUT2D eigenvalue weighted by Crippen LogP contribution is 2.33. The van der Waals surface area contributed by atoms with Gasteiger partial charge in [0.2, 0.25) is 5.91 Å². The summed E-state index contributed by atoms with van der Waals surface area (Å²) in [6.07, 6.45) is 8.38. The molecule has 0 aromatic heterocycles. The van der Waals surface area contributed by atoms with E-state index in [1.165, 1.54) is 4.90 Å². The number of nitrogens with zero attached hydrogens (tertiary/aromatic N) is 3. The minimum absolute atomic E-state index is 0.0613. The molecule has 3 saturated heterocycles. The van der Waals surface area contributed by atoms with Crippen molar-refractivity contribution >= 4 is 17.8 Å². The maximum absolute atomic E-state index is 13.3. The van der Waals surface area contributed by atoms with Crippen LogP contribution in [0.25, 0.3) is 0 Å². The SMILES string of the molecule is CCCN1CCC2(CC1)NC(=O)N([C@H]1CCCN(C(=O)C3CCCC3)C1)C2=O. The van der Waals surface area contributed by atoms with E-state index < -0.39 is 5.54 Å². The third-order valence-corrected chi connectivity index (χ3v) is 7.22. The fourth-order valence-electron chi connectivity index (χ4n) is 5.58. The van der Waals surface area contributed by atoms with E-state index in [0.29, 0.717) is 19.4 Å². The number of hydrogen-bond acceptors (Lipinski definition) is 4. The second-order valence-electron chi connectivity index (χ2n) is 9.09. The first-order valence-corrected chi connectivity index (χ1v) is 11.2. The van der Waals surface area contributed by atoms with E-state index in [4.69, 9.17) is 0 Å². The van der Waals surface area contributed by atoms with E-state index in [0.717, 1.165) is 71.1 Å². The summed E-state index contributed by atoms with van der Waals surface area (Å²) in [5.41, 5.74) is -0.723. The van der Waals surface area contributed by atoms with E-state index in [-0.39, 0.29) is 29.8 Å². The number of amides is 4. The monoisotopic (exact) mass is 390 g/mol. The molecule has 1 atom stereocenters. The van der Waals surface area contributed by atoms with Crippen LogP contribution >= 0.6 is 0 Å². The molecule has 7 heteroatoms. The zero-order valence-electron chi connectivity index (χ0n) is 17.1. The molecule has 0 bridgehead atoms. The Hall–Kier alpha value is -1.63. The summed E-state index contributed by atoms with van der Waals surface area (Å²) in [6, 6.07) is -0.436. The number of urea groups is 1. The summed E-state index contributed by atoms with van der Waals surface area (Å²) in [6.45, 7) is 6.17. The van der Waals surface area contributed by atoms with Crippen LogP contribution in [0, 0.1) is 5.92 Å². The maximum Gasteiger partial charge on any atom is 0.325 e. The summed E-state index contributed by atoms with van der Waals surface area (Å²) in [4.78, 5) is 44.7. The van der Waals surface area contributed by atoms with Crippen LogP contribution in [0.4, 0.5) is 4.79 Å². The highest BCUT2D eigenvalue weighted by molar-refractivity contribution is 6.07. The molecule has 1 spiro atoms. The lowest BCUT2D eigenvalue weighted by molar-refractivity contribution is -0.141. The van der Waals surface area contributed by atoms with E-state index in [1.54, 1.807) is 0 Å². The van der Waals surface area contributed by atoms with Gasteiger partial charge in [-0.15, -0.1) is 0 Å². The van der Waals surface area contributed by atoms with Crippen molar-refractivity contribution < 1.29 is 14.4 Å². The second kappa shape index (κ2) is 8.01. The van der Waals surface area contributed by atoms with E-state index in [9.17, 15) is 14.4 Å². The first-order valence-electron chi connectivity index (χ1n) is 11.2. The van der Waals surface area contributed by atoms with Crippen LogP contribution < -0.4 is 5.32 Å². The van der Waals surface area contributed by atoms with E-state index in [2.05, 4.69) is 17.1 Å². The smallest absolute Gasteiger partial charge is 0.325 e. The van der Waals surface area contributed by atoms with Gasteiger partial charge in [-0.25, -0.2) is 4.79 Å². The van der Waals surface area contributed by atoms with Gasteiger partial charge in [-0.1, -0.05) is 19.8 Å². The van der Waals surface area contributed by atoms with Crippen molar-refractivity contribution in [1.29, 1.82) is 0 Å². The van der Waals surface area contributed by atoms with Gasteiger partial charge in [0.05, 0.1) is 6.04 Å². The Kier molecular flexibility index (Phi) is 5.63. The third kappa shape index (κ3) is 3.53. The van der Waals surface area contributed by atoms with Gasteiger partial charge >= 0.3 is 6.03 Å². The Balaban J connectivity index is 1.41. The third-order valence-electron chi connectivity index (χ3n) is 7.22. The Labute approximate surface area is 167 Å². The summed E-state index contributed by atoms with van der Waals surface area (Å²) >= 11 is 0. The molecular formula is C21H34N4O3. The van der Waals surface area contributed by atoms with Gasteiger partial charge in [0.15, 0.2) is 0 Å². The molecule has 7 nitrogen and oxygen atoms in total. The van der Waals surface area contributed by atoms with Crippen molar-refractivity contribution in [2.75, 3.05) is 32.7 Å². The highest BCUT2D eigenvalue weighted by Gasteiger charge is 2.54. The van der Waals surface area contributed by atoms with E-state index >= 15 is 0 Å². The van der Waals surface area contributed by atoms with Gasteiger partial charge in [-0.2, -0.15) is 0 Å². The number of rotatable bonds is 4.